The van der Waals surface area contributed by atoms with Crippen molar-refractivity contribution >= 4 is 17.3 Å². The molecule has 1 N–H and O–H groups in total. The molecule has 0 saturated carbocycles. The van der Waals surface area contributed by atoms with Gasteiger partial charge in [0, 0.05) is 18.8 Å². The molecule has 0 atom stereocenters. The summed E-state index contributed by atoms with van der Waals surface area (Å²) < 4.78 is 2.18. The van der Waals surface area contributed by atoms with Crippen molar-refractivity contribution in [2.45, 2.75) is 33.2 Å². The van der Waals surface area contributed by atoms with Crippen molar-refractivity contribution in [2.24, 2.45) is 0 Å². The summed E-state index contributed by atoms with van der Waals surface area (Å²) in [4.78, 5) is 4.51. The van der Waals surface area contributed by atoms with Crippen LogP contribution in [0.1, 0.15) is 31.1 Å². The predicted octanol–water partition coefficient (Wildman–Crippen LogP) is 3.49. The Morgan fingerprint density at radius 2 is 2.29 bits per heavy atom. The van der Waals surface area contributed by atoms with Gasteiger partial charge in [0.25, 0.3) is 0 Å². The standard InChI is InChI=1S/C13H19N3S/c1-10(2)16-8-11(3)15-13(16)14-6-4-12-5-7-17-9-12/h5,7-10H,4,6H2,1-3H3,(H,14,15). The highest BCUT2D eigenvalue weighted by molar-refractivity contribution is 7.07. The van der Waals surface area contributed by atoms with Crippen molar-refractivity contribution in [1.29, 1.82) is 0 Å². The molecule has 2 heterocycles. The van der Waals surface area contributed by atoms with Gasteiger partial charge >= 0.3 is 0 Å². The van der Waals surface area contributed by atoms with Gasteiger partial charge in [-0.1, -0.05) is 0 Å². The number of nitrogens with zero attached hydrogens (tertiary/aromatic N) is 2. The topological polar surface area (TPSA) is 29.9 Å². The molecule has 0 aliphatic heterocycles. The number of anilines is 1. The van der Waals surface area contributed by atoms with Crippen LogP contribution in [0.25, 0.3) is 0 Å². The molecule has 2 rings (SSSR count). The summed E-state index contributed by atoms with van der Waals surface area (Å²) in [5.74, 6) is 0.979. The first-order chi connectivity index (χ1) is 8.16. The highest BCUT2D eigenvalue weighted by Crippen LogP contribution is 2.15. The van der Waals surface area contributed by atoms with E-state index in [2.05, 4.69) is 51.7 Å². The van der Waals surface area contributed by atoms with E-state index in [0.717, 1.165) is 24.6 Å². The van der Waals surface area contributed by atoms with Crippen LogP contribution >= 0.6 is 11.3 Å². The van der Waals surface area contributed by atoms with Crippen LogP contribution in [0.4, 0.5) is 5.95 Å². The lowest BCUT2D eigenvalue weighted by atomic mass is 10.2. The number of rotatable bonds is 5. The fraction of sp³-hybridized carbons (Fsp3) is 0.462. The molecule has 0 amide bonds. The number of aromatic nitrogens is 2. The van der Waals surface area contributed by atoms with Crippen LogP contribution in [-0.4, -0.2) is 16.1 Å². The van der Waals surface area contributed by atoms with Crippen LogP contribution in [0.5, 0.6) is 0 Å². The number of aryl methyl sites for hydroxylation is 1. The summed E-state index contributed by atoms with van der Waals surface area (Å²) in [6, 6.07) is 2.62. The Balaban J connectivity index is 1.94. The van der Waals surface area contributed by atoms with Crippen LogP contribution in [0.3, 0.4) is 0 Å². The summed E-state index contributed by atoms with van der Waals surface area (Å²) in [7, 11) is 0. The molecule has 2 aromatic heterocycles. The predicted molar refractivity (Wildman–Crippen MR) is 73.9 cm³/mol. The summed E-state index contributed by atoms with van der Waals surface area (Å²) in [6.45, 7) is 7.30. The summed E-state index contributed by atoms with van der Waals surface area (Å²) >= 11 is 1.75. The van der Waals surface area contributed by atoms with E-state index in [4.69, 9.17) is 0 Å². The molecular weight excluding hydrogens is 230 g/mol. The van der Waals surface area contributed by atoms with E-state index in [0.29, 0.717) is 6.04 Å². The molecule has 0 saturated heterocycles. The van der Waals surface area contributed by atoms with Gasteiger partial charge < -0.3 is 9.88 Å². The van der Waals surface area contributed by atoms with Crippen molar-refractivity contribution in [2.75, 3.05) is 11.9 Å². The molecule has 17 heavy (non-hydrogen) atoms. The van der Waals surface area contributed by atoms with Gasteiger partial charge in [-0.15, -0.1) is 0 Å². The largest absolute Gasteiger partial charge is 0.355 e. The smallest absolute Gasteiger partial charge is 0.203 e. The highest BCUT2D eigenvalue weighted by Gasteiger charge is 2.07. The molecule has 0 aromatic carbocycles. The maximum absolute atomic E-state index is 4.51. The third-order valence-corrected chi connectivity index (χ3v) is 3.42. The molecule has 0 bridgehead atoms. The Hall–Kier alpha value is -1.29. The monoisotopic (exact) mass is 249 g/mol. The lowest BCUT2D eigenvalue weighted by Gasteiger charge is -2.12. The highest BCUT2D eigenvalue weighted by atomic mass is 32.1. The van der Waals surface area contributed by atoms with Crippen molar-refractivity contribution in [3.63, 3.8) is 0 Å². The van der Waals surface area contributed by atoms with E-state index in [-0.39, 0.29) is 0 Å². The molecule has 0 fully saturated rings. The van der Waals surface area contributed by atoms with Gasteiger partial charge in [0.2, 0.25) is 5.95 Å². The molecule has 4 heteroatoms. The summed E-state index contributed by atoms with van der Waals surface area (Å²) in [5, 5.41) is 7.73. The van der Waals surface area contributed by atoms with Crippen LogP contribution in [0.2, 0.25) is 0 Å². The van der Waals surface area contributed by atoms with Crippen molar-refractivity contribution in [3.8, 4) is 0 Å². The van der Waals surface area contributed by atoms with Crippen molar-refractivity contribution < 1.29 is 0 Å². The average molecular weight is 249 g/mol. The van der Waals surface area contributed by atoms with Crippen molar-refractivity contribution in [3.05, 3.63) is 34.3 Å². The normalized spacial score (nSPS) is 11.1. The fourth-order valence-corrected chi connectivity index (χ4v) is 2.50. The second-order valence-electron chi connectivity index (χ2n) is 4.52. The SMILES string of the molecule is Cc1cn(C(C)C)c(NCCc2ccsc2)n1. The van der Waals surface area contributed by atoms with E-state index < -0.39 is 0 Å². The zero-order chi connectivity index (χ0) is 12.3. The molecule has 0 spiro atoms. The number of imidazole rings is 1. The average Bonchev–Trinajstić information content (AvgIpc) is 2.88. The van der Waals surface area contributed by atoms with Crippen LogP contribution in [-0.2, 0) is 6.42 Å². The third-order valence-electron chi connectivity index (χ3n) is 2.69. The maximum atomic E-state index is 4.51. The van der Waals surface area contributed by atoms with E-state index >= 15 is 0 Å². The molecular formula is C13H19N3S. The molecule has 0 radical (unpaired) electrons. The Morgan fingerprint density at radius 1 is 1.47 bits per heavy atom. The minimum Gasteiger partial charge on any atom is -0.355 e. The zero-order valence-electron chi connectivity index (χ0n) is 10.6. The molecule has 0 aliphatic carbocycles. The second kappa shape index (κ2) is 5.36. The molecule has 0 aliphatic rings. The Morgan fingerprint density at radius 3 is 2.94 bits per heavy atom. The quantitative estimate of drug-likeness (QED) is 0.879. The van der Waals surface area contributed by atoms with Gasteiger partial charge in [-0.3, -0.25) is 0 Å². The minimum absolute atomic E-state index is 0.444. The van der Waals surface area contributed by atoms with Gasteiger partial charge in [0.05, 0.1) is 5.69 Å². The molecule has 0 unspecified atom stereocenters. The lowest BCUT2D eigenvalue weighted by Crippen LogP contribution is -2.11. The lowest BCUT2D eigenvalue weighted by molar-refractivity contribution is 0.604. The Labute approximate surface area is 107 Å². The molecule has 2 aromatic rings. The zero-order valence-corrected chi connectivity index (χ0v) is 11.4. The fourth-order valence-electron chi connectivity index (χ4n) is 1.79. The van der Waals surface area contributed by atoms with Gasteiger partial charge in [0.15, 0.2) is 0 Å². The minimum atomic E-state index is 0.444. The van der Waals surface area contributed by atoms with Gasteiger partial charge in [-0.05, 0) is 49.6 Å². The van der Waals surface area contributed by atoms with E-state index in [9.17, 15) is 0 Å². The third kappa shape index (κ3) is 3.09. The number of thiophene rings is 1. The van der Waals surface area contributed by atoms with E-state index in [1.165, 1.54) is 5.56 Å². The second-order valence-corrected chi connectivity index (χ2v) is 5.30. The first-order valence-corrected chi connectivity index (χ1v) is 6.91. The molecule has 92 valence electrons. The van der Waals surface area contributed by atoms with E-state index in [1.807, 2.05) is 6.92 Å². The van der Waals surface area contributed by atoms with Gasteiger partial charge in [0.1, 0.15) is 0 Å². The Kier molecular flexibility index (Phi) is 3.84. The van der Waals surface area contributed by atoms with Crippen molar-refractivity contribution in [1.82, 2.24) is 9.55 Å². The van der Waals surface area contributed by atoms with Crippen LogP contribution < -0.4 is 5.32 Å². The number of nitrogens with one attached hydrogen (secondary N) is 1. The summed E-state index contributed by atoms with van der Waals surface area (Å²) in [5.41, 5.74) is 2.46. The molecule has 3 nitrogen and oxygen atoms in total. The first kappa shape index (κ1) is 12.2. The van der Waals surface area contributed by atoms with Gasteiger partial charge in [-0.25, -0.2) is 4.98 Å². The Bertz CT molecular complexity index is 457. The van der Waals surface area contributed by atoms with Crippen LogP contribution in [0.15, 0.2) is 23.0 Å². The number of hydrogen-bond donors (Lipinski definition) is 1. The summed E-state index contributed by atoms with van der Waals surface area (Å²) in [6.07, 6.45) is 3.14. The van der Waals surface area contributed by atoms with Crippen LogP contribution in [0, 0.1) is 6.92 Å². The van der Waals surface area contributed by atoms with Gasteiger partial charge in [-0.2, -0.15) is 11.3 Å². The maximum Gasteiger partial charge on any atom is 0.203 e. The van der Waals surface area contributed by atoms with E-state index in [1.54, 1.807) is 11.3 Å². The first-order valence-electron chi connectivity index (χ1n) is 5.97. The number of hydrogen-bond acceptors (Lipinski definition) is 3.